The first-order valence-electron chi connectivity index (χ1n) is 5.27. The third-order valence-electron chi connectivity index (χ3n) is 2.03. The molecule has 0 aliphatic rings. The van der Waals surface area contributed by atoms with Crippen molar-refractivity contribution in [1.82, 2.24) is 4.98 Å². The molecule has 0 radical (unpaired) electrons. The lowest BCUT2D eigenvalue weighted by Gasteiger charge is -2.07. The topological polar surface area (TPSA) is 68.7 Å². The predicted octanol–water partition coefficient (Wildman–Crippen LogP) is 2.76. The van der Waals surface area contributed by atoms with E-state index < -0.39 is 5.97 Å². The molecule has 0 bridgehead atoms. The van der Waals surface area contributed by atoms with Crippen LogP contribution >= 0.6 is 12.4 Å². The number of carboxylic acids is 1. The summed E-state index contributed by atoms with van der Waals surface area (Å²) in [6.45, 7) is -0.382. The molecule has 0 saturated carbocycles. The molecule has 0 saturated heterocycles. The monoisotopic (exact) mass is 281 g/mol. The molecule has 5 nitrogen and oxygen atoms in total. The Labute approximate surface area is 116 Å². The SMILES string of the molecule is Cl.O=C(O)COc1cccc(Oc2ccccn2)c1. The lowest BCUT2D eigenvalue weighted by atomic mass is 10.3. The lowest BCUT2D eigenvalue weighted by Crippen LogP contribution is -2.09. The number of carboxylic acid groups (broad SMARTS) is 1. The first kappa shape index (κ1) is 14.8. The third-order valence-corrected chi connectivity index (χ3v) is 2.03. The Kier molecular flexibility index (Phi) is 5.63. The van der Waals surface area contributed by atoms with Crippen LogP contribution < -0.4 is 9.47 Å². The summed E-state index contributed by atoms with van der Waals surface area (Å²) in [5.41, 5.74) is 0. The predicted molar refractivity (Wildman–Crippen MR) is 71.1 cm³/mol. The average Bonchev–Trinajstić information content (AvgIpc) is 2.38. The van der Waals surface area contributed by atoms with Crippen LogP contribution in [0.4, 0.5) is 0 Å². The number of aromatic nitrogens is 1. The van der Waals surface area contributed by atoms with Crippen LogP contribution in [0.5, 0.6) is 17.4 Å². The van der Waals surface area contributed by atoms with E-state index in [4.69, 9.17) is 14.6 Å². The van der Waals surface area contributed by atoms with Gasteiger partial charge in [0.05, 0.1) is 0 Å². The summed E-state index contributed by atoms with van der Waals surface area (Å²) < 4.78 is 10.5. The number of rotatable bonds is 5. The van der Waals surface area contributed by atoms with Crippen molar-refractivity contribution < 1.29 is 19.4 Å². The van der Waals surface area contributed by atoms with Gasteiger partial charge in [-0.05, 0) is 18.2 Å². The normalized spacial score (nSPS) is 9.26. The zero-order chi connectivity index (χ0) is 12.8. The molecule has 0 aliphatic carbocycles. The van der Waals surface area contributed by atoms with E-state index in [2.05, 4.69) is 4.98 Å². The number of benzene rings is 1. The molecule has 6 heteroatoms. The molecule has 0 fully saturated rings. The van der Waals surface area contributed by atoms with Crippen LogP contribution in [0.2, 0.25) is 0 Å². The Morgan fingerprint density at radius 1 is 1.16 bits per heavy atom. The highest BCUT2D eigenvalue weighted by Gasteiger charge is 2.02. The van der Waals surface area contributed by atoms with E-state index in [0.29, 0.717) is 17.4 Å². The second-order valence-electron chi connectivity index (χ2n) is 3.43. The zero-order valence-electron chi connectivity index (χ0n) is 9.85. The molecule has 0 amide bonds. The standard InChI is InChI=1S/C13H11NO4.ClH/c15-13(16)9-17-10-4-3-5-11(8-10)18-12-6-1-2-7-14-12;/h1-8H,9H2,(H,15,16);1H. The molecular formula is C13H12ClNO4. The van der Waals surface area contributed by atoms with Gasteiger partial charge in [-0.3, -0.25) is 0 Å². The summed E-state index contributed by atoms with van der Waals surface area (Å²) in [6, 6.07) is 12.1. The summed E-state index contributed by atoms with van der Waals surface area (Å²) >= 11 is 0. The minimum atomic E-state index is -1.02. The van der Waals surface area contributed by atoms with E-state index >= 15 is 0 Å². The fraction of sp³-hybridized carbons (Fsp3) is 0.0769. The van der Waals surface area contributed by atoms with E-state index in [1.54, 1.807) is 42.6 Å². The Hall–Kier alpha value is -2.27. The molecule has 100 valence electrons. The summed E-state index contributed by atoms with van der Waals surface area (Å²) in [4.78, 5) is 14.4. The number of nitrogens with zero attached hydrogens (tertiary/aromatic N) is 1. The number of pyridine rings is 1. The number of carbonyl (C=O) groups is 1. The third kappa shape index (κ3) is 4.85. The maximum atomic E-state index is 10.4. The minimum absolute atomic E-state index is 0. The Bertz CT molecular complexity index is 533. The van der Waals surface area contributed by atoms with Crippen molar-refractivity contribution in [1.29, 1.82) is 0 Å². The van der Waals surface area contributed by atoms with Crippen molar-refractivity contribution in [2.24, 2.45) is 0 Å². The molecule has 2 rings (SSSR count). The number of hydrogen-bond donors (Lipinski definition) is 1. The Morgan fingerprint density at radius 2 is 1.95 bits per heavy atom. The van der Waals surface area contributed by atoms with E-state index in [-0.39, 0.29) is 19.0 Å². The number of aliphatic carboxylic acids is 1. The fourth-order valence-electron chi connectivity index (χ4n) is 1.30. The van der Waals surface area contributed by atoms with Crippen molar-refractivity contribution >= 4 is 18.4 Å². The quantitative estimate of drug-likeness (QED) is 0.912. The van der Waals surface area contributed by atoms with Gasteiger partial charge in [0.2, 0.25) is 5.88 Å². The smallest absolute Gasteiger partial charge is 0.341 e. The van der Waals surface area contributed by atoms with Crippen LogP contribution in [0.3, 0.4) is 0 Å². The van der Waals surface area contributed by atoms with Crippen molar-refractivity contribution in [3.63, 3.8) is 0 Å². The second kappa shape index (κ2) is 7.23. The van der Waals surface area contributed by atoms with E-state index in [1.807, 2.05) is 6.07 Å². The number of halogens is 1. The van der Waals surface area contributed by atoms with Gasteiger partial charge in [-0.15, -0.1) is 12.4 Å². The molecule has 1 N–H and O–H groups in total. The minimum Gasteiger partial charge on any atom is -0.482 e. The maximum Gasteiger partial charge on any atom is 0.341 e. The number of hydrogen-bond acceptors (Lipinski definition) is 4. The largest absolute Gasteiger partial charge is 0.482 e. The molecule has 1 aromatic heterocycles. The van der Waals surface area contributed by atoms with Crippen molar-refractivity contribution in [3.05, 3.63) is 48.7 Å². The van der Waals surface area contributed by atoms with Gasteiger partial charge < -0.3 is 14.6 Å². The summed E-state index contributed by atoms with van der Waals surface area (Å²) in [5, 5.41) is 8.51. The van der Waals surface area contributed by atoms with Gasteiger partial charge in [-0.25, -0.2) is 9.78 Å². The molecule has 2 aromatic rings. The number of ether oxygens (including phenoxy) is 2. The van der Waals surface area contributed by atoms with Crippen LogP contribution in [0.25, 0.3) is 0 Å². The molecule has 0 unspecified atom stereocenters. The highest BCUT2D eigenvalue weighted by atomic mass is 35.5. The van der Waals surface area contributed by atoms with Gasteiger partial charge >= 0.3 is 5.97 Å². The van der Waals surface area contributed by atoms with Gasteiger partial charge in [0.1, 0.15) is 11.5 Å². The van der Waals surface area contributed by atoms with Gasteiger partial charge in [0.15, 0.2) is 6.61 Å². The van der Waals surface area contributed by atoms with Crippen LogP contribution in [-0.4, -0.2) is 22.7 Å². The highest BCUT2D eigenvalue weighted by molar-refractivity contribution is 5.85. The van der Waals surface area contributed by atoms with Crippen molar-refractivity contribution in [3.8, 4) is 17.4 Å². The van der Waals surface area contributed by atoms with Crippen molar-refractivity contribution in [2.45, 2.75) is 0 Å². The Balaban J connectivity index is 0.00000180. The zero-order valence-corrected chi connectivity index (χ0v) is 10.7. The highest BCUT2D eigenvalue weighted by Crippen LogP contribution is 2.23. The van der Waals surface area contributed by atoms with Gasteiger partial charge in [0.25, 0.3) is 0 Å². The Morgan fingerprint density at radius 3 is 2.63 bits per heavy atom. The second-order valence-corrected chi connectivity index (χ2v) is 3.43. The van der Waals surface area contributed by atoms with Crippen molar-refractivity contribution in [2.75, 3.05) is 6.61 Å². The maximum absolute atomic E-state index is 10.4. The fourth-order valence-corrected chi connectivity index (χ4v) is 1.30. The van der Waals surface area contributed by atoms with E-state index in [9.17, 15) is 4.79 Å². The molecule has 1 aromatic carbocycles. The summed E-state index contributed by atoms with van der Waals surface area (Å²) in [5.74, 6) is 0.418. The van der Waals surface area contributed by atoms with E-state index in [0.717, 1.165) is 0 Å². The molecule has 0 atom stereocenters. The molecule has 19 heavy (non-hydrogen) atoms. The molecule has 0 spiro atoms. The summed E-state index contributed by atoms with van der Waals surface area (Å²) in [7, 11) is 0. The van der Waals surface area contributed by atoms with Crippen LogP contribution in [0.1, 0.15) is 0 Å². The molecule has 1 heterocycles. The average molecular weight is 282 g/mol. The molecular weight excluding hydrogens is 270 g/mol. The van der Waals surface area contributed by atoms with Gasteiger partial charge in [-0.2, -0.15) is 0 Å². The first-order chi connectivity index (χ1) is 8.74. The van der Waals surface area contributed by atoms with Gasteiger partial charge in [-0.1, -0.05) is 12.1 Å². The van der Waals surface area contributed by atoms with Gasteiger partial charge in [0, 0.05) is 18.3 Å². The molecule has 0 aliphatic heterocycles. The summed E-state index contributed by atoms with van der Waals surface area (Å²) in [6.07, 6.45) is 1.63. The first-order valence-corrected chi connectivity index (χ1v) is 5.27. The van der Waals surface area contributed by atoms with E-state index in [1.165, 1.54) is 0 Å². The lowest BCUT2D eigenvalue weighted by molar-refractivity contribution is -0.139. The van der Waals surface area contributed by atoms with Crippen LogP contribution in [0, 0.1) is 0 Å². The van der Waals surface area contributed by atoms with Crippen LogP contribution in [0.15, 0.2) is 48.7 Å². The van der Waals surface area contributed by atoms with Crippen LogP contribution in [-0.2, 0) is 4.79 Å².